The minimum absolute atomic E-state index is 0.215. The topological polar surface area (TPSA) is 68.5 Å². The van der Waals surface area contributed by atoms with Crippen molar-refractivity contribution in [3.63, 3.8) is 0 Å². The van der Waals surface area contributed by atoms with Gasteiger partial charge in [0.1, 0.15) is 11.3 Å². The van der Waals surface area contributed by atoms with Gasteiger partial charge in [0.25, 0.3) is 5.91 Å². The molecule has 0 aliphatic rings. The molecule has 0 spiro atoms. The van der Waals surface area contributed by atoms with Crippen molar-refractivity contribution in [2.45, 2.75) is 20.4 Å². The van der Waals surface area contributed by atoms with Crippen LogP contribution in [-0.2, 0) is 6.54 Å². The summed E-state index contributed by atoms with van der Waals surface area (Å²) in [7, 11) is 1.57. The SMILES string of the molecule is COc1ccc(C(=O)NCc2cc(=O)oc3c(C)c(C)ccc23)cc1. The number of nitrogens with one attached hydrogen (secondary N) is 1. The lowest BCUT2D eigenvalue weighted by Crippen LogP contribution is -2.23. The number of rotatable bonds is 4. The molecule has 0 atom stereocenters. The number of hydrogen-bond acceptors (Lipinski definition) is 4. The Morgan fingerprint density at radius 1 is 1.12 bits per heavy atom. The van der Waals surface area contributed by atoms with E-state index in [2.05, 4.69) is 5.32 Å². The lowest BCUT2D eigenvalue weighted by Gasteiger charge is -2.10. The Hall–Kier alpha value is -3.08. The third-order valence-electron chi connectivity index (χ3n) is 4.31. The molecule has 3 aromatic rings. The van der Waals surface area contributed by atoms with E-state index in [0.717, 1.165) is 22.1 Å². The standard InChI is InChI=1S/C20H19NO4/c1-12-4-9-17-15(10-18(22)25-19(17)13(12)2)11-21-20(23)14-5-7-16(24-3)8-6-14/h4-10H,11H2,1-3H3,(H,21,23). The van der Waals surface area contributed by atoms with E-state index in [0.29, 0.717) is 16.9 Å². The van der Waals surface area contributed by atoms with Crippen LogP contribution in [0, 0.1) is 13.8 Å². The zero-order chi connectivity index (χ0) is 18.0. The highest BCUT2D eigenvalue weighted by Gasteiger charge is 2.11. The van der Waals surface area contributed by atoms with Gasteiger partial charge in [0.15, 0.2) is 0 Å². The Morgan fingerprint density at radius 2 is 1.84 bits per heavy atom. The molecule has 1 aromatic heterocycles. The van der Waals surface area contributed by atoms with Crippen molar-refractivity contribution in [3.05, 3.63) is 75.1 Å². The lowest BCUT2D eigenvalue weighted by atomic mass is 10.0. The number of aryl methyl sites for hydroxylation is 2. The predicted octanol–water partition coefficient (Wildman–Crippen LogP) is 3.35. The molecule has 25 heavy (non-hydrogen) atoms. The van der Waals surface area contributed by atoms with Gasteiger partial charge in [0.05, 0.1) is 7.11 Å². The molecule has 0 aliphatic carbocycles. The summed E-state index contributed by atoms with van der Waals surface area (Å²) >= 11 is 0. The Balaban J connectivity index is 1.86. The lowest BCUT2D eigenvalue weighted by molar-refractivity contribution is 0.0951. The van der Waals surface area contributed by atoms with Gasteiger partial charge < -0.3 is 14.5 Å². The van der Waals surface area contributed by atoms with E-state index in [9.17, 15) is 9.59 Å². The fourth-order valence-electron chi connectivity index (χ4n) is 2.69. The predicted molar refractivity (Wildman–Crippen MR) is 96.1 cm³/mol. The van der Waals surface area contributed by atoms with Crippen LogP contribution >= 0.6 is 0 Å². The first-order chi connectivity index (χ1) is 12.0. The minimum atomic E-state index is -0.421. The molecule has 0 fully saturated rings. The first kappa shape index (κ1) is 16.8. The van der Waals surface area contributed by atoms with Gasteiger partial charge in [-0.1, -0.05) is 12.1 Å². The number of benzene rings is 2. The van der Waals surface area contributed by atoms with Crippen LogP contribution < -0.4 is 15.7 Å². The Bertz CT molecular complexity index is 987. The van der Waals surface area contributed by atoms with E-state index in [4.69, 9.17) is 9.15 Å². The molecule has 128 valence electrons. The molecule has 0 aliphatic heterocycles. The monoisotopic (exact) mass is 337 g/mol. The van der Waals surface area contributed by atoms with Crippen LogP contribution in [0.3, 0.4) is 0 Å². The van der Waals surface area contributed by atoms with Crippen LogP contribution in [-0.4, -0.2) is 13.0 Å². The van der Waals surface area contributed by atoms with Crippen LogP contribution in [0.15, 0.2) is 51.7 Å². The van der Waals surface area contributed by atoms with Crippen molar-refractivity contribution in [2.75, 3.05) is 7.11 Å². The second-order valence-corrected chi connectivity index (χ2v) is 5.89. The molecule has 0 saturated carbocycles. The Kier molecular flexibility index (Phi) is 4.57. The number of hydrogen-bond donors (Lipinski definition) is 1. The number of methoxy groups -OCH3 is 1. The highest BCUT2D eigenvalue weighted by molar-refractivity contribution is 5.94. The quantitative estimate of drug-likeness (QED) is 0.741. The molecule has 1 heterocycles. The zero-order valence-electron chi connectivity index (χ0n) is 14.4. The molecule has 3 rings (SSSR count). The van der Waals surface area contributed by atoms with Gasteiger partial charge in [-0.3, -0.25) is 4.79 Å². The van der Waals surface area contributed by atoms with E-state index in [1.807, 2.05) is 26.0 Å². The van der Waals surface area contributed by atoms with Gasteiger partial charge in [-0.15, -0.1) is 0 Å². The van der Waals surface area contributed by atoms with Crippen molar-refractivity contribution in [1.82, 2.24) is 5.32 Å². The number of carbonyl (C=O) groups excluding carboxylic acids is 1. The number of carbonyl (C=O) groups is 1. The number of fused-ring (bicyclic) bond motifs is 1. The molecule has 5 heteroatoms. The summed E-state index contributed by atoms with van der Waals surface area (Å²) in [5.74, 6) is 0.474. The maximum atomic E-state index is 12.3. The van der Waals surface area contributed by atoms with Gasteiger partial charge in [-0.25, -0.2) is 4.79 Å². The van der Waals surface area contributed by atoms with Gasteiger partial charge in [0.2, 0.25) is 0 Å². The molecular formula is C20H19NO4. The van der Waals surface area contributed by atoms with Crippen molar-refractivity contribution < 1.29 is 13.9 Å². The maximum Gasteiger partial charge on any atom is 0.336 e. The molecule has 5 nitrogen and oxygen atoms in total. The minimum Gasteiger partial charge on any atom is -0.497 e. The number of amides is 1. The highest BCUT2D eigenvalue weighted by Crippen LogP contribution is 2.23. The first-order valence-electron chi connectivity index (χ1n) is 7.95. The normalized spacial score (nSPS) is 10.7. The zero-order valence-corrected chi connectivity index (χ0v) is 14.4. The van der Waals surface area contributed by atoms with E-state index in [-0.39, 0.29) is 12.5 Å². The fraction of sp³-hybridized carbons (Fsp3) is 0.200. The van der Waals surface area contributed by atoms with Gasteiger partial charge in [-0.05, 0) is 54.8 Å². The molecule has 0 unspecified atom stereocenters. The third kappa shape index (κ3) is 3.40. The van der Waals surface area contributed by atoms with E-state index < -0.39 is 5.63 Å². The summed E-state index contributed by atoms with van der Waals surface area (Å²) < 4.78 is 10.4. The first-order valence-corrected chi connectivity index (χ1v) is 7.95. The molecule has 0 radical (unpaired) electrons. The summed E-state index contributed by atoms with van der Waals surface area (Å²) in [6.45, 7) is 4.13. The van der Waals surface area contributed by atoms with Crippen molar-refractivity contribution in [2.24, 2.45) is 0 Å². The van der Waals surface area contributed by atoms with Crippen LogP contribution in [0.25, 0.3) is 11.0 Å². The number of ether oxygens (including phenoxy) is 1. The Morgan fingerprint density at radius 3 is 2.52 bits per heavy atom. The van der Waals surface area contributed by atoms with E-state index in [1.54, 1.807) is 31.4 Å². The summed E-state index contributed by atoms with van der Waals surface area (Å²) in [6.07, 6.45) is 0. The van der Waals surface area contributed by atoms with Crippen LogP contribution in [0.2, 0.25) is 0 Å². The second-order valence-electron chi connectivity index (χ2n) is 5.89. The highest BCUT2D eigenvalue weighted by atomic mass is 16.5. The van der Waals surface area contributed by atoms with Gasteiger partial charge in [-0.2, -0.15) is 0 Å². The van der Waals surface area contributed by atoms with Crippen LogP contribution in [0.5, 0.6) is 5.75 Å². The van der Waals surface area contributed by atoms with Gasteiger partial charge in [0, 0.05) is 23.6 Å². The molecule has 1 N–H and O–H groups in total. The third-order valence-corrected chi connectivity index (χ3v) is 4.31. The van der Waals surface area contributed by atoms with Crippen molar-refractivity contribution >= 4 is 16.9 Å². The summed E-state index contributed by atoms with van der Waals surface area (Å²) in [6, 6.07) is 12.2. The second kappa shape index (κ2) is 6.81. The molecular weight excluding hydrogens is 318 g/mol. The Labute approximate surface area is 145 Å². The van der Waals surface area contributed by atoms with Crippen LogP contribution in [0.1, 0.15) is 27.0 Å². The van der Waals surface area contributed by atoms with E-state index >= 15 is 0 Å². The molecule has 2 aromatic carbocycles. The smallest absolute Gasteiger partial charge is 0.336 e. The molecule has 1 amide bonds. The average Bonchev–Trinajstić information content (AvgIpc) is 2.63. The largest absolute Gasteiger partial charge is 0.497 e. The van der Waals surface area contributed by atoms with E-state index in [1.165, 1.54) is 6.07 Å². The average molecular weight is 337 g/mol. The summed E-state index contributed by atoms with van der Waals surface area (Å²) in [5.41, 5.74) is 3.39. The van der Waals surface area contributed by atoms with Crippen molar-refractivity contribution in [1.29, 1.82) is 0 Å². The molecule has 0 saturated heterocycles. The maximum absolute atomic E-state index is 12.3. The molecule has 0 bridgehead atoms. The fourth-order valence-corrected chi connectivity index (χ4v) is 2.69. The summed E-state index contributed by atoms with van der Waals surface area (Å²) in [5, 5.41) is 3.68. The summed E-state index contributed by atoms with van der Waals surface area (Å²) in [4.78, 5) is 24.2. The van der Waals surface area contributed by atoms with Gasteiger partial charge >= 0.3 is 5.63 Å². The van der Waals surface area contributed by atoms with Crippen molar-refractivity contribution in [3.8, 4) is 5.75 Å². The van der Waals surface area contributed by atoms with Crippen LogP contribution in [0.4, 0.5) is 0 Å².